The van der Waals surface area contributed by atoms with Crippen LogP contribution in [0.2, 0.25) is 0 Å². The van der Waals surface area contributed by atoms with E-state index >= 15 is 0 Å². The maximum absolute atomic E-state index is 12.9. The molecule has 0 rings (SSSR count). The molecule has 0 aromatic heterocycles. The molecule has 0 heterocycles. The SMILES string of the molecule is CC/C=C\C/C=C\C/C=C\C/C=C\C/C=C\CC(=O)OCC(COC(=O)CCCCCCCCCCCCCCC/C=C\CCCCCCCCCC)OC(=O)CCCCCCCCC/C=C\C/C=C\CCCCC. The molecule has 0 aromatic carbocycles. The van der Waals surface area contributed by atoms with Crippen LogP contribution >= 0.6 is 0 Å². The molecule has 0 N–H and O–H groups in total. The highest BCUT2D eigenvalue weighted by molar-refractivity contribution is 5.72. The first-order chi connectivity index (χ1) is 37.0. The predicted octanol–water partition coefficient (Wildman–Crippen LogP) is 21.7. The van der Waals surface area contributed by atoms with E-state index in [4.69, 9.17) is 14.2 Å². The van der Waals surface area contributed by atoms with Crippen LogP contribution in [0.5, 0.6) is 0 Å². The molecule has 6 nitrogen and oxygen atoms in total. The minimum atomic E-state index is -0.823. The second-order valence-corrected chi connectivity index (χ2v) is 20.9. The summed E-state index contributed by atoms with van der Waals surface area (Å²) in [6.45, 7) is 6.43. The second-order valence-electron chi connectivity index (χ2n) is 20.9. The first-order valence-electron chi connectivity index (χ1n) is 31.7. The van der Waals surface area contributed by atoms with Gasteiger partial charge in [-0.2, -0.15) is 0 Å². The number of carbonyl (C=O) groups is 3. The van der Waals surface area contributed by atoms with E-state index in [-0.39, 0.29) is 31.6 Å². The number of hydrogen-bond donors (Lipinski definition) is 0. The Balaban J connectivity index is 4.38. The van der Waals surface area contributed by atoms with Gasteiger partial charge < -0.3 is 14.2 Å². The van der Waals surface area contributed by atoms with Crippen molar-refractivity contribution in [1.82, 2.24) is 0 Å². The first-order valence-corrected chi connectivity index (χ1v) is 31.7. The van der Waals surface area contributed by atoms with Crippen molar-refractivity contribution in [3.05, 3.63) is 97.2 Å². The maximum Gasteiger partial charge on any atom is 0.309 e. The van der Waals surface area contributed by atoms with E-state index in [0.717, 1.165) is 83.5 Å². The number of rotatable bonds is 57. The van der Waals surface area contributed by atoms with Gasteiger partial charge in [0, 0.05) is 12.8 Å². The summed E-state index contributed by atoms with van der Waals surface area (Å²) in [5.74, 6) is -1.04. The van der Waals surface area contributed by atoms with Crippen LogP contribution in [0.15, 0.2) is 97.2 Å². The predicted molar refractivity (Wildman–Crippen MR) is 325 cm³/mol. The summed E-state index contributed by atoms with van der Waals surface area (Å²) >= 11 is 0. The number of allylic oxidation sites excluding steroid dienone is 15. The molecular weight excluding hydrogens is 925 g/mol. The van der Waals surface area contributed by atoms with Crippen LogP contribution in [0, 0.1) is 0 Å². The average molecular weight is 1040 g/mol. The molecule has 0 saturated carbocycles. The molecule has 0 amide bonds. The Bertz CT molecular complexity index is 1480. The highest BCUT2D eigenvalue weighted by Gasteiger charge is 2.19. The maximum atomic E-state index is 12.9. The Labute approximate surface area is 464 Å². The topological polar surface area (TPSA) is 78.9 Å². The molecule has 0 saturated heterocycles. The van der Waals surface area contributed by atoms with Gasteiger partial charge in [-0.1, -0.05) is 279 Å². The quantitative estimate of drug-likeness (QED) is 0.0261. The number of carbonyl (C=O) groups excluding carboxylic acids is 3. The van der Waals surface area contributed by atoms with Gasteiger partial charge in [0.1, 0.15) is 13.2 Å². The second kappa shape index (κ2) is 62.9. The summed E-state index contributed by atoms with van der Waals surface area (Å²) in [5.41, 5.74) is 0. The van der Waals surface area contributed by atoms with Gasteiger partial charge in [0.05, 0.1) is 6.42 Å². The van der Waals surface area contributed by atoms with Crippen molar-refractivity contribution in [3.8, 4) is 0 Å². The van der Waals surface area contributed by atoms with Crippen molar-refractivity contribution in [2.45, 2.75) is 309 Å². The van der Waals surface area contributed by atoms with E-state index in [1.165, 1.54) is 180 Å². The fourth-order valence-electron chi connectivity index (χ4n) is 8.84. The summed E-state index contributed by atoms with van der Waals surface area (Å²) in [4.78, 5) is 38.2. The molecule has 0 aromatic rings. The van der Waals surface area contributed by atoms with Crippen molar-refractivity contribution in [1.29, 1.82) is 0 Å². The average Bonchev–Trinajstić information content (AvgIpc) is 3.41. The van der Waals surface area contributed by atoms with Gasteiger partial charge in [0.15, 0.2) is 6.10 Å². The Morgan fingerprint density at radius 3 is 0.973 bits per heavy atom. The zero-order valence-electron chi connectivity index (χ0n) is 49.3. The van der Waals surface area contributed by atoms with Gasteiger partial charge in [-0.15, -0.1) is 0 Å². The van der Waals surface area contributed by atoms with Gasteiger partial charge in [-0.25, -0.2) is 0 Å². The number of unbranched alkanes of at least 4 members (excludes halogenated alkanes) is 31. The lowest BCUT2D eigenvalue weighted by molar-refractivity contribution is -0.166. The van der Waals surface area contributed by atoms with Crippen LogP contribution in [-0.4, -0.2) is 37.2 Å². The monoisotopic (exact) mass is 1040 g/mol. The minimum Gasteiger partial charge on any atom is -0.462 e. The van der Waals surface area contributed by atoms with E-state index in [1.807, 2.05) is 6.08 Å². The van der Waals surface area contributed by atoms with Crippen molar-refractivity contribution in [3.63, 3.8) is 0 Å². The normalized spacial score (nSPS) is 12.7. The molecule has 0 aliphatic rings. The van der Waals surface area contributed by atoms with E-state index in [2.05, 4.69) is 106 Å². The van der Waals surface area contributed by atoms with Gasteiger partial charge in [0.25, 0.3) is 0 Å². The van der Waals surface area contributed by atoms with Crippen LogP contribution in [0.3, 0.4) is 0 Å². The lowest BCUT2D eigenvalue weighted by atomic mass is 10.0. The van der Waals surface area contributed by atoms with Crippen LogP contribution in [0.4, 0.5) is 0 Å². The molecule has 1 unspecified atom stereocenters. The highest BCUT2D eigenvalue weighted by Crippen LogP contribution is 2.16. The van der Waals surface area contributed by atoms with E-state index in [1.54, 1.807) is 6.08 Å². The lowest BCUT2D eigenvalue weighted by Crippen LogP contribution is -2.30. The van der Waals surface area contributed by atoms with Crippen LogP contribution in [-0.2, 0) is 28.6 Å². The lowest BCUT2D eigenvalue weighted by Gasteiger charge is -2.18. The Morgan fingerprint density at radius 2 is 0.573 bits per heavy atom. The van der Waals surface area contributed by atoms with Gasteiger partial charge in [0.2, 0.25) is 0 Å². The molecule has 0 bridgehead atoms. The highest BCUT2D eigenvalue weighted by atomic mass is 16.6. The largest absolute Gasteiger partial charge is 0.462 e. The van der Waals surface area contributed by atoms with Crippen molar-refractivity contribution >= 4 is 17.9 Å². The smallest absolute Gasteiger partial charge is 0.309 e. The molecule has 0 fully saturated rings. The molecule has 430 valence electrons. The molecule has 1 atom stereocenters. The third kappa shape index (κ3) is 61.1. The van der Waals surface area contributed by atoms with Gasteiger partial charge in [-0.3, -0.25) is 14.4 Å². The third-order valence-corrected chi connectivity index (χ3v) is 13.6. The summed E-state index contributed by atoms with van der Waals surface area (Å²) < 4.78 is 16.8. The molecule has 0 aliphatic carbocycles. The van der Waals surface area contributed by atoms with Crippen LogP contribution in [0.25, 0.3) is 0 Å². The van der Waals surface area contributed by atoms with E-state index < -0.39 is 12.1 Å². The third-order valence-electron chi connectivity index (χ3n) is 13.6. The number of hydrogen-bond acceptors (Lipinski definition) is 6. The zero-order chi connectivity index (χ0) is 54.3. The summed E-state index contributed by atoms with van der Waals surface area (Å²) in [5, 5.41) is 0. The summed E-state index contributed by atoms with van der Waals surface area (Å²) in [7, 11) is 0. The van der Waals surface area contributed by atoms with Gasteiger partial charge >= 0.3 is 17.9 Å². The minimum absolute atomic E-state index is 0.110. The van der Waals surface area contributed by atoms with Crippen LogP contribution in [0.1, 0.15) is 303 Å². The molecule has 0 spiro atoms. The Kier molecular flexibility index (Phi) is 59.8. The molecular formula is C69H118O6. The molecule has 0 radical (unpaired) electrons. The number of esters is 3. The zero-order valence-corrected chi connectivity index (χ0v) is 49.3. The van der Waals surface area contributed by atoms with E-state index in [0.29, 0.717) is 12.8 Å². The van der Waals surface area contributed by atoms with Crippen molar-refractivity contribution in [2.75, 3.05) is 13.2 Å². The molecule has 75 heavy (non-hydrogen) atoms. The summed E-state index contributed by atoms with van der Waals surface area (Å²) in [6, 6.07) is 0. The standard InChI is InChI=1S/C69H118O6/c1-4-7-10-13-16-19-22-25-28-30-31-32-33-34-35-36-37-39-41-44-47-50-53-56-59-62-68(71)74-65-66(64-73-67(70)61-58-55-52-49-46-43-40-27-24-21-18-15-12-9-6-3)75-69(72)63-60-57-54-51-48-45-42-38-29-26-23-20-17-14-11-8-5-2/h9,12,17-18,20-21,26-27,29-31,40,46,49,55,58,66H,4-8,10-11,13-16,19,22-25,28,32-39,41-45,47-48,50-54,56-57,59-65H2,1-3H3/b12-9-,20-17-,21-18-,29-26-,31-30-,40-27-,49-46-,58-55-. The molecule has 6 heteroatoms. The fourth-order valence-corrected chi connectivity index (χ4v) is 8.84. The van der Waals surface area contributed by atoms with Gasteiger partial charge in [-0.05, 0) is 103 Å². The van der Waals surface area contributed by atoms with Crippen molar-refractivity contribution < 1.29 is 28.6 Å². The van der Waals surface area contributed by atoms with Crippen LogP contribution < -0.4 is 0 Å². The Morgan fingerprint density at radius 1 is 0.293 bits per heavy atom. The fraction of sp³-hybridized carbons (Fsp3) is 0.725. The Hall–Kier alpha value is -3.67. The summed E-state index contributed by atoms with van der Waals surface area (Å²) in [6.07, 6.45) is 84.4. The van der Waals surface area contributed by atoms with Crippen molar-refractivity contribution in [2.24, 2.45) is 0 Å². The van der Waals surface area contributed by atoms with E-state index in [9.17, 15) is 14.4 Å². The number of ether oxygens (including phenoxy) is 3. The molecule has 0 aliphatic heterocycles. The first kappa shape index (κ1) is 71.3.